The minimum absolute atomic E-state index is 0.0128. The number of carbonyl (C=O) groups is 2. The molecule has 1 aliphatic carbocycles. The number of nitrogens with one attached hydrogen (secondary N) is 1. The van der Waals surface area contributed by atoms with Crippen LogP contribution in [0.1, 0.15) is 129 Å². The number of carbonyl (C=O) groups excluding carboxylic acids is 1. The van der Waals surface area contributed by atoms with Gasteiger partial charge < -0.3 is 10.4 Å². The van der Waals surface area contributed by atoms with E-state index in [0.29, 0.717) is 25.8 Å². The molecule has 0 aromatic carbocycles. The number of allylic oxidation sites excluding steroid dienone is 2. The summed E-state index contributed by atoms with van der Waals surface area (Å²) in [7, 11) is 0. The normalized spacial score (nSPS) is 16.0. The van der Waals surface area contributed by atoms with Crippen molar-refractivity contribution >= 4 is 11.9 Å². The largest absolute Gasteiger partial charge is 0.481 e. The average Bonchev–Trinajstić information content (AvgIpc) is 2.75. The molecule has 0 spiro atoms. The molecule has 4 heteroatoms. The van der Waals surface area contributed by atoms with Crippen LogP contribution < -0.4 is 5.32 Å². The van der Waals surface area contributed by atoms with Crippen molar-refractivity contribution in [2.45, 2.75) is 129 Å². The van der Waals surface area contributed by atoms with Crippen LogP contribution in [0.2, 0.25) is 0 Å². The van der Waals surface area contributed by atoms with E-state index in [2.05, 4.69) is 24.4 Å². The molecule has 0 unspecified atom stereocenters. The molecule has 1 aliphatic rings. The summed E-state index contributed by atoms with van der Waals surface area (Å²) in [6.45, 7) is 2.56. The lowest BCUT2D eigenvalue weighted by Gasteiger charge is -2.33. The van der Waals surface area contributed by atoms with Crippen molar-refractivity contribution in [1.29, 1.82) is 0 Å². The molecule has 0 radical (unpaired) electrons. The van der Waals surface area contributed by atoms with E-state index in [1.807, 2.05) is 0 Å². The second-order valence-electron chi connectivity index (χ2n) is 9.26. The van der Waals surface area contributed by atoms with Gasteiger partial charge in [0.2, 0.25) is 5.91 Å². The number of carboxylic acids is 1. The fourth-order valence-electron chi connectivity index (χ4n) is 4.41. The Balaban J connectivity index is 1.93. The minimum Gasteiger partial charge on any atom is -0.481 e. The van der Waals surface area contributed by atoms with Gasteiger partial charge in [-0.15, -0.1) is 0 Å². The lowest BCUT2D eigenvalue weighted by atomic mass is 9.74. The third-order valence-corrected chi connectivity index (χ3v) is 6.55. The van der Waals surface area contributed by atoms with E-state index in [4.69, 9.17) is 0 Å². The monoisotopic (exact) mass is 421 g/mol. The van der Waals surface area contributed by atoms with Crippen LogP contribution in [0.4, 0.5) is 0 Å². The second kappa shape index (κ2) is 17.4. The van der Waals surface area contributed by atoms with Crippen LogP contribution in [0.3, 0.4) is 0 Å². The summed E-state index contributed by atoms with van der Waals surface area (Å²) in [5.41, 5.74) is -0.726. The lowest BCUT2D eigenvalue weighted by Crippen LogP contribution is -2.44. The van der Waals surface area contributed by atoms with Crippen molar-refractivity contribution in [2.75, 3.05) is 6.54 Å². The van der Waals surface area contributed by atoms with E-state index in [1.165, 1.54) is 70.6 Å². The van der Waals surface area contributed by atoms with Gasteiger partial charge in [0.25, 0.3) is 0 Å². The first-order valence-corrected chi connectivity index (χ1v) is 12.8. The van der Waals surface area contributed by atoms with Crippen molar-refractivity contribution < 1.29 is 14.7 Å². The summed E-state index contributed by atoms with van der Waals surface area (Å²) in [6.07, 6.45) is 25.8. The molecule has 1 rings (SSSR count). The maximum atomic E-state index is 12.1. The quantitative estimate of drug-likeness (QED) is 0.182. The zero-order valence-corrected chi connectivity index (χ0v) is 19.6. The summed E-state index contributed by atoms with van der Waals surface area (Å²) in [5, 5.41) is 12.5. The van der Waals surface area contributed by atoms with E-state index in [-0.39, 0.29) is 5.91 Å². The Kier molecular flexibility index (Phi) is 15.5. The molecule has 4 nitrogen and oxygen atoms in total. The Bertz CT molecular complexity index is 481. The summed E-state index contributed by atoms with van der Waals surface area (Å²) in [4.78, 5) is 23.7. The van der Waals surface area contributed by atoms with Gasteiger partial charge in [0.15, 0.2) is 0 Å². The van der Waals surface area contributed by atoms with Gasteiger partial charge in [-0.1, -0.05) is 89.7 Å². The molecule has 1 amide bonds. The molecule has 0 aliphatic heterocycles. The predicted octanol–water partition coefficient (Wildman–Crippen LogP) is 7.18. The summed E-state index contributed by atoms with van der Waals surface area (Å²) >= 11 is 0. The fourth-order valence-corrected chi connectivity index (χ4v) is 4.41. The summed E-state index contributed by atoms with van der Waals surface area (Å²) in [6, 6.07) is 0. The summed E-state index contributed by atoms with van der Waals surface area (Å²) < 4.78 is 0. The zero-order chi connectivity index (χ0) is 21.9. The van der Waals surface area contributed by atoms with Crippen LogP contribution in [-0.2, 0) is 9.59 Å². The number of hydrogen-bond donors (Lipinski definition) is 2. The van der Waals surface area contributed by atoms with Gasteiger partial charge in [-0.25, -0.2) is 0 Å². The van der Waals surface area contributed by atoms with E-state index >= 15 is 0 Å². The van der Waals surface area contributed by atoms with Crippen LogP contribution in [0.25, 0.3) is 0 Å². The third kappa shape index (κ3) is 12.4. The number of amides is 1. The van der Waals surface area contributed by atoms with E-state index < -0.39 is 11.4 Å². The standard InChI is InChI=1S/C26H47NO3/c1-2-3-4-5-6-7-8-9-10-11-12-13-14-15-17-20-24(28)27-23-26(25(29)30)21-18-16-19-22-26/h9-10H,2-8,11-23H2,1H3,(H,27,28)(H,29,30). The Hall–Kier alpha value is -1.32. The first kappa shape index (κ1) is 26.7. The SMILES string of the molecule is CCCCCCCCC=CCCCCCCCC(=O)NCC1(C(=O)O)CCCCC1. The molecular weight excluding hydrogens is 374 g/mol. The Morgan fingerprint density at radius 2 is 1.33 bits per heavy atom. The van der Waals surface area contributed by atoms with E-state index in [0.717, 1.165) is 32.1 Å². The molecule has 1 fully saturated rings. The molecule has 0 aromatic rings. The van der Waals surface area contributed by atoms with Gasteiger partial charge in [0.1, 0.15) is 0 Å². The van der Waals surface area contributed by atoms with Crippen molar-refractivity contribution in [3.05, 3.63) is 12.2 Å². The number of rotatable bonds is 18. The third-order valence-electron chi connectivity index (χ3n) is 6.55. The van der Waals surface area contributed by atoms with Gasteiger partial charge in [-0.05, 0) is 44.9 Å². The van der Waals surface area contributed by atoms with Gasteiger partial charge >= 0.3 is 5.97 Å². The number of unbranched alkanes of at least 4 members (excludes halogenated alkanes) is 11. The highest BCUT2D eigenvalue weighted by atomic mass is 16.4. The van der Waals surface area contributed by atoms with Crippen molar-refractivity contribution in [1.82, 2.24) is 5.32 Å². The lowest BCUT2D eigenvalue weighted by molar-refractivity contribution is -0.151. The minimum atomic E-state index is -0.747. The smallest absolute Gasteiger partial charge is 0.311 e. The Labute approximate surface area is 185 Å². The number of carboxylic acid groups (broad SMARTS) is 1. The van der Waals surface area contributed by atoms with Crippen molar-refractivity contribution in [3.63, 3.8) is 0 Å². The molecule has 0 atom stereocenters. The molecule has 30 heavy (non-hydrogen) atoms. The van der Waals surface area contributed by atoms with Crippen LogP contribution >= 0.6 is 0 Å². The van der Waals surface area contributed by atoms with Crippen LogP contribution in [0, 0.1) is 5.41 Å². The zero-order valence-electron chi connectivity index (χ0n) is 19.6. The van der Waals surface area contributed by atoms with Gasteiger partial charge in [-0.2, -0.15) is 0 Å². The molecular formula is C26H47NO3. The van der Waals surface area contributed by atoms with Crippen molar-refractivity contribution in [3.8, 4) is 0 Å². The summed E-state index contributed by atoms with van der Waals surface area (Å²) in [5.74, 6) is -0.734. The fraction of sp³-hybridized carbons (Fsp3) is 0.846. The highest BCUT2D eigenvalue weighted by Gasteiger charge is 2.39. The molecule has 2 N–H and O–H groups in total. The van der Waals surface area contributed by atoms with E-state index in [1.54, 1.807) is 0 Å². The van der Waals surface area contributed by atoms with Gasteiger partial charge in [-0.3, -0.25) is 9.59 Å². The van der Waals surface area contributed by atoms with Crippen LogP contribution in [0.5, 0.6) is 0 Å². The van der Waals surface area contributed by atoms with Gasteiger partial charge in [0.05, 0.1) is 5.41 Å². The van der Waals surface area contributed by atoms with Crippen LogP contribution in [-0.4, -0.2) is 23.5 Å². The molecule has 0 saturated heterocycles. The first-order valence-electron chi connectivity index (χ1n) is 12.8. The topological polar surface area (TPSA) is 66.4 Å². The first-order chi connectivity index (χ1) is 14.6. The highest BCUT2D eigenvalue weighted by molar-refractivity contribution is 5.79. The average molecular weight is 422 g/mol. The maximum absolute atomic E-state index is 12.1. The molecule has 174 valence electrons. The molecule has 1 saturated carbocycles. The number of hydrogen-bond acceptors (Lipinski definition) is 2. The van der Waals surface area contributed by atoms with Crippen LogP contribution in [0.15, 0.2) is 12.2 Å². The maximum Gasteiger partial charge on any atom is 0.311 e. The van der Waals surface area contributed by atoms with E-state index in [9.17, 15) is 14.7 Å². The predicted molar refractivity (Wildman–Crippen MR) is 126 cm³/mol. The number of aliphatic carboxylic acids is 1. The molecule has 0 bridgehead atoms. The second-order valence-corrected chi connectivity index (χ2v) is 9.26. The van der Waals surface area contributed by atoms with Crippen molar-refractivity contribution in [2.24, 2.45) is 5.41 Å². The van der Waals surface area contributed by atoms with Gasteiger partial charge in [0, 0.05) is 13.0 Å². The highest BCUT2D eigenvalue weighted by Crippen LogP contribution is 2.36. The molecule has 0 aromatic heterocycles. The molecule has 0 heterocycles. The Morgan fingerprint density at radius 1 is 0.800 bits per heavy atom. The Morgan fingerprint density at radius 3 is 1.90 bits per heavy atom.